The largest absolute Gasteiger partial charge is 0.285 e. The van der Waals surface area contributed by atoms with Crippen LogP contribution in [0.4, 0.5) is 0 Å². The van der Waals surface area contributed by atoms with Gasteiger partial charge in [-0.3, -0.25) is 4.55 Å². The summed E-state index contributed by atoms with van der Waals surface area (Å²) in [4.78, 5) is 0. The second kappa shape index (κ2) is 3.81. The maximum atomic E-state index is 11.2. The van der Waals surface area contributed by atoms with Crippen LogP contribution in [0.15, 0.2) is 0 Å². The Labute approximate surface area is 86.6 Å². The second-order valence-corrected chi connectivity index (χ2v) is 6.46. The van der Waals surface area contributed by atoms with E-state index >= 15 is 0 Å². The van der Waals surface area contributed by atoms with Crippen molar-refractivity contribution in [3.63, 3.8) is 0 Å². The maximum absolute atomic E-state index is 11.2. The molecule has 1 rings (SSSR count). The molecule has 3 nitrogen and oxygen atoms in total. The Hall–Kier alpha value is -0.0900. The van der Waals surface area contributed by atoms with Gasteiger partial charge in [0.05, 0.1) is 5.25 Å². The van der Waals surface area contributed by atoms with Crippen molar-refractivity contribution in [2.45, 2.75) is 39.4 Å². The first kappa shape index (κ1) is 12.0. The van der Waals surface area contributed by atoms with E-state index in [-0.39, 0.29) is 11.8 Å². The second-order valence-electron chi connectivity index (χ2n) is 4.89. The molecule has 1 aliphatic carbocycles. The molecule has 0 bridgehead atoms. The van der Waals surface area contributed by atoms with Gasteiger partial charge in [-0.1, -0.05) is 27.7 Å². The average molecular weight is 220 g/mol. The van der Waals surface area contributed by atoms with Gasteiger partial charge < -0.3 is 0 Å². The molecule has 0 saturated heterocycles. The third-order valence-corrected chi connectivity index (χ3v) is 5.48. The van der Waals surface area contributed by atoms with E-state index in [1.807, 2.05) is 13.8 Å². The third-order valence-electron chi connectivity index (χ3n) is 3.89. The van der Waals surface area contributed by atoms with Crippen molar-refractivity contribution in [2.75, 3.05) is 0 Å². The summed E-state index contributed by atoms with van der Waals surface area (Å²) >= 11 is 0. The lowest BCUT2D eigenvalue weighted by atomic mass is 9.70. The van der Waals surface area contributed by atoms with Crippen LogP contribution in [0.3, 0.4) is 0 Å². The zero-order valence-electron chi connectivity index (χ0n) is 9.27. The Morgan fingerprint density at radius 3 is 1.93 bits per heavy atom. The van der Waals surface area contributed by atoms with Gasteiger partial charge in [0, 0.05) is 0 Å². The Morgan fingerprint density at radius 2 is 1.50 bits per heavy atom. The summed E-state index contributed by atoms with van der Waals surface area (Å²) in [6, 6.07) is 0. The molecule has 1 aliphatic rings. The third kappa shape index (κ3) is 2.11. The van der Waals surface area contributed by atoms with E-state index in [9.17, 15) is 8.42 Å². The highest BCUT2D eigenvalue weighted by Crippen LogP contribution is 2.40. The Balaban J connectivity index is 2.96. The van der Waals surface area contributed by atoms with E-state index < -0.39 is 15.4 Å². The number of rotatable bonds is 1. The molecule has 1 fully saturated rings. The average Bonchev–Trinajstić information content (AvgIpc) is 1.97. The lowest BCUT2D eigenvalue weighted by Crippen LogP contribution is -2.44. The van der Waals surface area contributed by atoms with Gasteiger partial charge in [-0.2, -0.15) is 8.42 Å². The van der Waals surface area contributed by atoms with Gasteiger partial charge in [0.15, 0.2) is 0 Å². The van der Waals surface area contributed by atoms with E-state index in [0.717, 1.165) is 6.42 Å². The van der Waals surface area contributed by atoms with Crippen molar-refractivity contribution in [3.05, 3.63) is 0 Å². The van der Waals surface area contributed by atoms with Gasteiger partial charge in [0.1, 0.15) is 0 Å². The molecule has 5 atom stereocenters. The molecule has 0 aromatic carbocycles. The van der Waals surface area contributed by atoms with Crippen LogP contribution < -0.4 is 0 Å². The first-order chi connectivity index (χ1) is 6.25. The van der Waals surface area contributed by atoms with Crippen LogP contribution >= 0.6 is 0 Å². The molecular weight excluding hydrogens is 200 g/mol. The highest BCUT2D eigenvalue weighted by atomic mass is 32.2. The fourth-order valence-electron chi connectivity index (χ4n) is 2.84. The summed E-state index contributed by atoms with van der Waals surface area (Å²) in [5.41, 5.74) is 0. The smallest absolute Gasteiger partial charge is 0.268 e. The Kier molecular flexibility index (Phi) is 3.26. The normalized spacial score (nSPS) is 45.1. The van der Waals surface area contributed by atoms with E-state index in [1.54, 1.807) is 0 Å². The summed E-state index contributed by atoms with van der Waals surface area (Å²) in [6.07, 6.45) is 0.885. The SMILES string of the molecule is CC1CC(C)C(S(=O)(=O)O)C(C)C1C. The number of hydrogen-bond donors (Lipinski definition) is 1. The summed E-state index contributed by atoms with van der Waals surface area (Å²) < 4.78 is 31.6. The standard InChI is InChI=1S/C10H20O3S/c1-6-5-7(2)10(14(11,12)13)9(4)8(6)3/h6-10H,5H2,1-4H3,(H,11,12,13). The van der Waals surface area contributed by atoms with Gasteiger partial charge in [0.2, 0.25) is 0 Å². The Bertz CT molecular complexity index is 296. The van der Waals surface area contributed by atoms with Gasteiger partial charge in [-0.25, -0.2) is 0 Å². The van der Waals surface area contributed by atoms with E-state index in [4.69, 9.17) is 4.55 Å². The summed E-state index contributed by atoms with van der Waals surface area (Å²) in [5.74, 6) is 1.01. The van der Waals surface area contributed by atoms with Crippen LogP contribution in [0.1, 0.15) is 34.1 Å². The van der Waals surface area contributed by atoms with E-state index in [0.29, 0.717) is 11.8 Å². The molecule has 84 valence electrons. The summed E-state index contributed by atoms with van der Waals surface area (Å²) in [7, 11) is -3.88. The minimum absolute atomic E-state index is 0.0451. The predicted molar refractivity (Wildman–Crippen MR) is 56.6 cm³/mol. The number of hydrogen-bond acceptors (Lipinski definition) is 2. The molecule has 4 heteroatoms. The molecule has 14 heavy (non-hydrogen) atoms. The maximum Gasteiger partial charge on any atom is 0.268 e. The molecular formula is C10H20O3S. The van der Waals surface area contributed by atoms with E-state index in [1.165, 1.54) is 0 Å². The van der Waals surface area contributed by atoms with Crippen LogP contribution in [-0.2, 0) is 10.1 Å². The van der Waals surface area contributed by atoms with Crippen LogP contribution in [-0.4, -0.2) is 18.2 Å². The molecule has 1 N–H and O–H groups in total. The molecule has 0 heterocycles. The van der Waals surface area contributed by atoms with Crippen molar-refractivity contribution in [1.82, 2.24) is 0 Å². The predicted octanol–water partition coefficient (Wildman–Crippen LogP) is 2.19. The summed E-state index contributed by atoms with van der Waals surface area (Å²) in [5, 5.41) is -0.575. The molecule has 0 aromatic heterocycles. The van der Waals surface area contributed by atoms with Gasteiger partial charge in [-0.05, 0) is 30.1 Å². The fraction of sp³-hybridized carbons (Fsp3) is 1.00. The minimum atomic E-state index is -3.88. The molecule has 0 aliphatic heterocycles. The quantitative estimate of drug-likeness (QED) is 0.689. The van der Waals surface area contributed by atoms with Crippen LogP contribution in [0.2, 0.25) is 0 Å². The van der Waals surface area contributed by atoms with Gasteiger partial charge >= 0.3 is 0 Å². The molecule has 0 amide bonds. The van der Waals surface area contributed by atoms with Crippen LogP contribution in [0.5, 0.6) is 0 Å². The van der Waals surface area contributed by atoms with Gasteiger partial charge in [0.25, 0.3) is 10.1 Å². The lowest BCUT2D eigenvalue weighted by molar-refractivity contribution is 0.150. The first-order valence-electron chi connectivity index (χ1n) is 5.21. The minimum Gasteiger partial charge on any atom is -0.285 e. The summed E-state index contributed by atoms with van der Waals surface area (Å²) in [6.45, 7) is 8.06. The van der Waals surface area contributed by atoms with Crippen molar-refractivity contribution >= 4 is 10.1 Å². The monoisotopic (exact) mass is 220 g/mol. The highest BCUT2D eigenvalue weighted by molar-refractivity contribution is 7.86. The zero-order chi connectivity index (χ0) is 11.1. The molecule has 0 spiro atoms. The lowest BCUT2D eigenvalue weighted by Gasteiger charge is -2.40. The van der Waals surface area contributed by atoms with Crippen molar-refractivity contribution in [2.24, 2.45) is 23.7 Å². The first-order valence-corrected chi connectivity index (χ1v) is 6.71. The topological polar surface area (TPSA) is 54.4 Å². The highest BCUT2D eigenvalue weighted by Gasteiger charge is 2.42. The van der Waals surface area contributed by atoms with Crippen LogP contribution in [0, 0.1) is 23.7 Å². The van der Waals surface area contributed by atoms with Crippen molar-refractivity contribution in [1.29, 1.82) is 0 Å². The van der Waals surface area contributed by atoms with Crippen molar-refractivity contribution in [3.8, 4) is 0 Å². The molecule has 0 radical (unpaired) electrons. The molecule has 0 aromatic rings. The molecule has 5 unspecified atom stereocenters. The van der Waals surface area contributed by atoms with E-state index in [2.05, 4.69) is 13.8 Å². The van der Waals surface area contributed by atoms with Gasteiger partial charge in [-0.15, -0.1) is 0 Å². The Morgan fingerprint density at radius 1 is 1.00 bits per heavy atom. The zero-order valence-corrected chi connectivity index (χ0v) is 10.1. The van der Waals surface area contributed by atoms with Crippen molar-refractivity contribution < 1.29 is 13.0 Å². The van der Waals surface area contributed by atoms with Crippen LogP contribution in [0.25, 0.3) is 0 Å². The fourth-order valence-corrected chi connectivity index (χ4v) is 4.32. The molecule has 1 saturated carbocycles.